The summed E-state index contributed by atoms with van der Waals surface area (Å²) in [5.41, 5.74) is 2.82. The van der Waals surface area contributed by atoms with E-state index in [1.807, 2.05) is 72.8 Å². The van der Waals surface area contributed by atoms with Crippen molar-refractivity contribution in [3.05, 3.63) is 84.5 Å². The van der Waals surface area contributed by atoms with Crippen LogP contribution < -0.4 is 19.5 Å². The smallest absolute Gasteiger partial charge is 0.161 e. The number of nitrogens with zero attached hydrogens (tertiary/aromatic N) is 2. The molecule has 2 aromatic heterocycles. The summed E-state index contributed by atoms with van der Waals surface area (Å²) >= 11 is 1.57. The first-order valence-electron chi connectivity index (χ1n) is 10.3. The van der Waals surface area contributed by atoms with Gasteiger partial charge >= 0.3 is 0 Å². The van der Waals surface area contributed by atoms with Crippen molar-refractivity contribution in [1.82, 2.24) is 9.97 Å². The van der Waals surface area contributed by atoms with Crippen molar-refractivity contribution in [1.29, 1.82) is 0 Å². The van der Waals surface area contributed by atoms with E-state index in [1.165, 1.54) is 0 Å². The molecule has 2 heterocycles. The van der Waals surface area contributed by atoms with Gasteiger partial charge in [0.25, 0.3) is 0 Å². The number of rotatable bonds is 7. The van der Waals surface area contributed by atoms with Crippen molar-refractivity contribution in [2.45, 2.75) is 0 Å². The topological polar surface area (TPSA) is 65.5 Å². The minimum absolute atomic E-state index is 0.669. The van der Waals surface area contributed by atoms with Crippen LogP contribution in [0.3, 0.4) is 0 Å². The van der Waals surface area contributed by atoms with E-state index in [0.717, 1.165) is 32.8 Å². The summed E-state index contributed by atoms with van der Waals surface area (Å²) in [5, 5.41) is 6.47. The van der Waals surface area contributed by atoms with Crippen LogP contribution in [0.2, 0.25) is 0 Å². The molecule has 0 atom stereocenters. The highest BCUT2D eigenvalue weighted by atomic mass is 32.1. The monoisotopic (exact) mass is 455 g/mol. The highest BCUT2D eigenvalue weighted by Crippen LogP contribution is 2.41. The Morgan fingerprint density at radius 2 is 1.58 bits per heavy atom. The van der Waals surface area contributed by atoms with Gasteiger partial charge in [0.2, 0.25) is 0 Å². The Morgan fingerprint density at radius 3 is 2.39 bits per heavy atom. The minimum Gasteiger partial charge on any atom is -0.493 e. The van der Waals surface area contributed by atoms with Gasteiger partial charge in [-0.1, -0.05) is 36.4 Å². The molecule has 0 amide bonds. The lowest BCUT2D eigenvalue weighted by atomic mass is 10.1. The predicted octanol–water partition coefficient (Wildman–Crippen LogP) is 6.91. The normalized spacial score (nSPS) is 10.7. The Balaban J connectivity index is 1.56. The van der Waals surface area contributed by atoms with Crippen LogP contribution in [0.5, 0.6) is 23.0 Å². The molecule has 0 unspecified atom stereocenters. The molecular formula is C26H21N3O3S. The molecule has 0 saturated carbocycles. The van der Waals surface area contributed by atoms with Crippen LogP contribution in [0.15, 0.2) is 84.5 Å². The third-order valence-electron chi connectivity index (χ3n) is 5.18. The summed E-state index contributed by atoms with van der Waals surface area (Å²) in [7, 11) is 3.26. The maximum Gasteiger partial charge on any atom is 0.161 e. The summed E-state index contributed by atoms with van der Waals surface area (Å²) in [5.74, 6) is 3.53. The van der Waals surface area contributed by atoms with Gasteiger partial charge in [-0.25, -0.2) is 9.97 Å². The molecule has 5 rings (SSSR count). The van der Waals surface area contributed by atoms with E-state index in [2.05, 4.69) is 20.7 Å². The number of methoxy groups -OCH3 is 2. The van der Waals surface area contributed by atoms with Gasteiger partial charge in [0.15, 0.2) is 17.2 Å². The Morgan fingerprint density at radius 1 is 0.788 bits per heavy atom. The second-order valence-electron chi connectivity index (χ2n) is 7.16. The van der Waals surface area contributed by atoms with E-state index in [1.54, 1.807) is 31.9 Å². The minimum atomic E-state index is 0.669. The van der Waals surface area contributed by atoms with Crippen LogP contribution in [0, 0.1) is 0 Å². The van der Waals surface area contributed by atoms with Crippen molar-refractivity contribution < 1.29 is 14.2 Å². The van der Waals surface area contributed by atoms with Gasteiger partial charge in [0.1, 0.15) is 22.7 Å². The van der Waals surface area contributed by atoms with Gasteiger partial charge in [-0.15, -0.1) is 11.3 Å². The van der Waals surface area contributed by atoms with Crippen LogP contribution in [0.1, 0.15) is 0 Å². The maximum atomic E-state index is 6.11. The Kier molecular flexibility index (Phi) is 5.78. The molecule has 0 saturated heterocycles. The first-order chi connectivity index (χ1) is 16.3. The van der Waals surface area contributed by atoms with Gasteiger partial charge < -0.3 is 19.5 Å². The lowest BCUT2D eigenvalue weighted by Gasteiger charge is -2.14. The average Bonchev–Trinajstić information content (AvgIpc) is 3.31. The summed E-state index contributed by atoms with van der Waals surface area (Å²) in [6.07, 6.45) is 1.57. The van der Waals surface area contributed by atoms with Crippen LogP contribution in [0.25, 0.3) is 21.3 Å². The van der Waals surface area contributed by atoms with E-state index >= 15 is 0 Å². The molecule has 0 fully saturated rings. The van der Waals surface area contributed by atoms with Crippen molar-refractivity contribution in [3.63, 3.8) is 0 Å². The van der Waals surface area contributed by atoms with Gasteiger partial charge in [0, 0.05) is 10.9 Å². The van der Waals surface area contributed by atoms with Gasteiger partial charge in [-0.3, -0.25) is 0 Å². The zero-order valence-electron chi connectivity index (χ0n) is 18.1. The van der Waals surface area contributed by atoms with E-state index in [4.69, 9.17) is 14.2 Å². The molecule has 7 heteroatoms. The number of thiophene rings is 1. The molecule has 6 nitrogen and oxygen atoms in total. The van der Waals surface area contributed by atoms with Gasteiger partial charge in [0.05, 0.1) is 25.3 Å². The van der Waals surface area contributed by atoms with E-state index < -0.39 is 0 Å². The number of nitrogens with one attached hydrogen (secondary N) is 1. The summed E-state index contributed by atoms with van der Waals surface area (Å²) < 4.78 is 17.0. The standard InChI is InChI=1S/C26H21N3O3S/c1-30-22-13-12-17(14-23(22)31-2)19-15-33-26-24(19)25(27-16-28-26)29-20-10-6-7-11-21(20)32-18-8-4-3-5-9-18/h3-16H,1-2H3,(H,27,28,29). The number of hydrogen-bond acceptors (Lipinski definition) is 7. The fourth-order valence-electron chi connectivity index (χ4n) is 3.59. The van der Waals surface area contributed by atoms with Crippen molar-refractivity contribution in [3.8, 4) is 34.1 Å². The van der Waals surface area contributed by atoms with E-state index in [-0.39, 0.29) is 0 Å². The molecule has 0 aliphatic rings. The fraction of sp³-hybridized carbons (Fsp3) is 0.0769. The van der Waals surface area contributed by atoms with E-state index in [9.17, 15) is 0 Å². The molecule has 5 aromatic rings. The average molecular weight is 456 g/mol. The maximum absolute atomic E-state index is 6.11. The largest absolute Gasteiger partial charge is 0.493 e. The van der Waals surface area contributed by atoms with Crippen LogP contribution in [-0.4, -0.2) is 24.2 Å². The predicted molar refractivity (Wildman–Crippen MR) is 132 cm³/mol. The Hall–Kier alpha value is -4.10. The molecule has 0 radical (unpaired) electrons. The van der Waals surface area contributed by atoms with Crippen molar-refractivity contribution in [2.75, 3.05) is 19.5 Å². The number of ether oxygens (including phenoxy) is 3. The number of hydrogen-bond donors (Lipinski definition) is 1. The molecule has 164 valence electrons. The molecule has 0 aliphatic heterocycles. The van der Waals surface area contributed by atoms with Gasteiger partial charge in [-0.2, -0.15) is 0 Å². The molecule has 33 heavy (non-hydrogen) atoms. The first-order valence-corrected chi connectivity index (χ1v) is 11.2. The summed E-state index contributed by atoms with van der Waals surface area (Å²) in [6.45, 7) is 0. The summed E-state index contributed by atoms with van der Waals surface area (Å²) in [4.78, 5) is 9.92. The quantitative estimate of drug-likeness (QED) is 0.288. The SMILES string of the molecule is COc1ccc(-c2csc3ncnc(Nc4ccccc4Oc4ccccc4)c23)cc1OC. The zero-order valence-corrected chi connectivity index (χ0v) is 18.9. The highest BCUT2D eigenvalue weighted by molar-refractivity contribution is 7.17. The molecule has 3 aromatic carbocycles. The van der Waals surface area contributed by atoms with Crippen molar-refractivity contribution in [2.24, 2.45) is 0 Å². The Bertz CT molecular complexity index is 1400. The number of aromatic nitrogens is 2. The second-order valence-corrected chi connectivity index (χ2v) is 8.02. The molecule has 0 aliphatic carbocycles. The molecule has 0 spiro atoms. The number of fused-ring (bicyclic) bond motifs is 1. The van der Waals surface area contributed by atoms with Crippen molar-refractivity contribution >= 4 is 33.1 Å². The molecular weight excluding hydrogens is 434 g/mol. The second kappa shape index (κ2) is 9.18. The van der Waals surface area contributed by atoms with E-state index in [0.29, 0.717) is 23.1 Å². The lowest BCUT2D eigenvalue weighted by molar-refractivity contribution is 0.355. The summed E-state index contributed by atoms with van der Waals surface area (Å²) in [6, 6.07) is 23.4. The first kappa shape index (κ1) is 20.8. The third kappa shape index (κ3) is 4.18. The highest BCUT2D eigenvalue weighted by Gasteiger charge is 2.16. The zero-order chi connectivity index (χ0) is 22.6. The molecule has 0 bridgehead atoms. The number of anilines is 2. The van der Waals surface area contributed by atoms with Crippen LogP contribution in [0.4, 0.5) is 11.5 Å². The van der Waals surface area contributed by atoms with Crippen LogP contribution in [-0.2, 0) is 0 Å². The van der Waals surface area contributed by atoms with Crippen LogP contribution >= 0.6 is 11.3 Å². The third-order valence-corrected chi connectivity index (χ3v) is 6.06. The number of benzene rings is 3. The fourth-order valence-corrected chi connectivity index (χ4v) is 4.50. The van der Waals surface area contributed by atoms with Gasteiger partial charge in [-0.05, 0) is 42.0 Å². The number of para-hydroxylation sites is 3. The lowest BCUT2D eigenvalue weighted by Crippen LogP contribution is -1.98. The Labute approximate surface area is 195 Å². The molecule has 1 N–H and O–H groups in total.